The van der Waals surface area contributed by atoms with E-state index in [1.54, 1.807) is 0 Å². The van der Waals surface area contributed by atoms with Gasteiger partial charge in [-0.25, -0.2) is 4.79 Å². The van der Waals surface area contributed by atoms with Gasteiger partial charge in [-0.05, 0) is 39.5 Å². The van der Waals surface area contributed by atoms with Crippen molar-refractivity contribution in [1.82, 2.24) is 0 Å². The van der Waals surface area contributed by atoms with Crippen LogP contribution in [-0.4, -0.2) is 28.8 Å². The Bertz CT molecular complexity index is 266. The van der Waals surface area contributed by atoms with Crippen molar-refractivity contribution in [3.63, 3.8) is 0 Å². The summed E-state index contributed by atoms with van der Waals surface area (Å²) < 4.78 is 5.32. The predicted octanol–water partition coefficient (Wildman–Crippen LogP) is 1.60. The summed E-state index contributed by atoms with van der Waals surface area (Å²) in [6.07, 6.45) is 5.14. The smallest absolute Gasteiger partial charge is 0.329 e. The molecule has 0 aliphatic heterocycles. The lowest BCUT2D eigenvalue weighted by Gasteiger charge is -2.37. The fourth-order valence-electron chi connectivity index (χ4n) is 2.35. The molecule has 1 aliphatic rings. The first-order valence-corrected chi connectivity index (χ1v) is 6.43. The minimum Gasteiger partial charge on any atom is -0.459 e. The van der Waals surface area contributed by atoms with Crippen LogP contribution < -0.4 is 5.73 Å². The van der Waals surface area contributed by atoms with Crippen LogP contribution in [0, 0.1) is 5.92 Å². The molecule has 0 amide bonds. The highest BCUT2D eigenvalue weighted by molar-refractivity contribution is 5.81. The molecule has 1 fully saturated rings. The number of carbonyl (C=O) groups excluding carboxylic acids is 1. The van der Waals surface area contributed by atoms with Crippen LogP contribution in [0.4, 0.5) is 0 Å². The van der Waals surface area contributed by atoms with Crippen molar-refractivity contribution < 1.29 is 14.6 Å². The summed E-state index contributed by atoms with van der Waals surface area (Å²) in [4.78, 5) is 12.1. The van der Waals surface area contributed by atoms with Crippen molar-refractivity contribution in [3.8, 4) is 0 Å². The molecule has 1 saturated carbocycles. The molecule has 17 heavy (non-hydrogen) atoms. The van der Waals surface area contributed by atoms with Crippen LogP contribution in [0.2, 0.25) is 0 Å². The zero-order chi connectivity index (χ0) is 13.1. The molecule has 4 heteroatoms. The maximum absolute atomic E-state index is 12.1. The number of aliphatic hydroxyl groups is 1. The first-order valence-electron chi connectivity index (χ1n) is 6.43. The van der Waals surface area contributed by atoms with Gasteiger partial charge in [-0.1, -0.05) is 19.3 Å². The van der Waals surface area contributed by atoms with Crippen molar-refractivity contribution in [2.45, 2.75) is 64.0 Å². The van der Waals surface area contributed by atoms with E-state index in [9.17, 15) is 9.90 Å². The molecule has 1 rings (SSSR count). The van der Waals surface area contributed by atoms with Gasteiger partial charge in [0, 0.05) is 0 Å². The number of ether oxygens (including phenoxy) is 1. The number of aliphatic hydroxyl groups excluding tert-OH is 1. The van der Waals surface area contributed by atoms with Gasteiger partial charge in [-0.15, -0.1) is 0 Å². The minimum atomic E-state index is -1.23. The summed E-state index contributed by atoms with van der Waals surface area (Å²) in [5.41, 5.74) is 4.31. The van der Waals surface area contributed by atoms with E-state index in [0.717, 1.165) is 25.7 Å². The molecule has 0 heterocycles. The Kier molecular flexibility index (Phi) is 4.55. The summed E-state index contributed by atoms with van der Waals surface area (Å²) in [6.45, 7) is 5.09. The standard InChI is InChI=1S/C13H25NO3/c1-12(2,3)17-11(16)13(14,9-15)10-7-5-4-6-8-10/h10,15H,4-9,14H2,1-3H3/t13-/m0/s1. The van der Waals surface area contributed by atoms with Gasteiger partial charge in [-0.3, -0.25) is 0 Å². The average Bonchev–Trinajstić information content (AvgIpc) is 2.27. The highest BCUT2D eigenvalue weighted by atomic mass is 16.6. The van der Waals surface area contributed by atoms with E-state index in [4.69, 9.17) is 10.5 Å². The quantitative estimate of drug-likeness (QED) is 0.738. The third kappa shape index (κ3) is 3.68. The Morgan fingerprint density at radius 1 is 1.29 bits per heavy atom. The van der Waals surface area contributed by atoms with Crippen LogP contribution in [0.25, 0.3) is 0 Å². The van der Waals surface area contributed by atoms with E-state index in [1.807, 2.05) is 20.8 Å². The van der Waals surface area contributed by atoms with Gasteiger partial charge in [0.1, 0.15) is 11.1 Å². The second kappa shape index (κ2) is 5.36. The fraction of sp³-hybridized carbons (Fsp3) is 0.923. The number of hydrogen-bond acceptors (Lipinski definition) is 4. The molecule has 0 aromatic rings. The number of nitrogens with two attached hydrogens (primary N) is 1. The molecule has 0 bridgehead atoms. The van der Waals surface area contributed by atoms with Crippen LogP contribution in [-0.2, 0) is 9.53 Å². The third-order valence-electron chi connectivity index (χ3n) is 3.37. The molecule has 100 valence electrons. The zero-order valence-corrected chi connectivity index (χ0v) is 11.2. The van der Waals surface area contributed by atoms with Crippen molar-refractivity contribution >= 4 is 5.97 Å². The molecule has 0 saturated heterocycles. The molecule has 0 aromatic heterocycles. The first-order chi connectivity index (χ1) is 7.79. The van der Waals surface area contributed by atoms with Crippen molar-refractivity contribution in [2.24, 2.45) is 11.7 Å². The summed E-state index contributed by atoms with van der Waals surface area (Å²) in [5, 5.41) is 9.48. The molecule has 0 aromatic carbocycles. The molecule has 1 atom stereocenters. The third-order valence-corrected chi connectivity index (χ3v) is 3.37. The molecule has 4 nitrogen and oxygen atoms in total. The average molecular weight is 243 g/mol. The van der Waals surface area contributed by atoms with E-state index < -0.39 is 17.1 Å². The summed E-state index contributed by atoms with van der Waals surface area (Å²) in [5.74, 6) is -0.435. The molecular formula is C13H25NO3. The molecule has 3 N–H and O–H groups in total. The van der Waals surface area contributed by atoms with Crippen LogP contribution in [0.15, 0.2) is 0 Å². The van der Waals surface area contributed by atoms with E-state index in [2.05, 4.69) is 0 Å². The second-order valence-electron chi connectivity index (χ2n) is 6.04. The SMILES string of the molecule is CC(C)(C)OC(=O)[C@](N)(CO)C1CCCCC1. The lowest BCUT2D eigenvalue weighted by Crippen LogP contribution is -2.59. The summed E-state index contributed by atoms with van der Waals surface area (Å²) in [7, 11) is 0. The fourth-order valence-corrected chi connectivity index (χ4v) is 2.35. The topological polar surface area (TPSA) is 72.5 Å². The highest BCUT2D eigenvalue weighted by Gasteiger charge is 2.44. The Morgan fingerprint density at radius 2 is 1.82 bits per heavy atom. The lowest BCUT2D eigenvalue weighted by molar-refractivity contribution is -0.166. The maximum Gasteiger partial charge on any atom is 0.329 e. The zero-order valence-electron chi connectivity index (χ0n) is 11.2. The Balaban J connectivity index is 2.75. The van der Waals surface area contributed by atoms with Crippen molar-refractivity contribution in [3.05, 3.63) is 0 Å². The number of esters is 1. The second-order valence-corrected chi connectivity index (χ2v) is 6.04. The van der Waals surface area contributed by atoms with Crippen LogP contribution in [0.5, 0.6) is 0 Å². The van der Waals surface area contributed by atoms with Gasteiger partial charge in [0.25, 0.3) is 0 Å². The summed E-state index contributed by atoms with van der Waals surface area (Å²) >= 11 is 0. The Morgan fingerprint density at radius 3 is 2.24 bits per heavy atom. The predicted molar refractivity (Wildman–Crippen MR) is 66.4 cm³/mol. The van der Waals surface area contributed by atoms with E-state index >= 15 is 0 Å². The number of hydrogen-bond donors (Lipinski definition) is 2. The maximum atomic E-state index is 12.1. The van der Waals surface area contributed by atoms with Gasteiger partial charge in [0.15, 0.2) is 0 Å². The van der Waals surface area contributed by atoms with Gasteiger partial charge in [0.05, 0.1) is 6.61 Å². The van der Waals surface area contributed by atoms with Gasteiger partial charge < -0.3 is 15.6 Å². The van der Waals surface area contributed by atoms with E-state index in [-0.39, 0.29) is 12.5 Å². The van der Waals surface area contributed by atoms with Gasteiger partial charge >= 0.3 is 5.97 Å². The number of rotatable bonds is 3. The molecule has 0 radical (unpaired) electrons. The first kappa shape index (κ1) is 14.5. The van der Waals surface area contributed by atoms with Crippen molar-refractivity contribution in [2.75, 3.05) is 6.61 Å². The number of carbonyl (C=O) groups is 1. The Labute approximate surface area is 104 Å². The van der Waals surface area contributed by atoms with E-state index in [1.165, 1.54) is 6.42 Å². The molecule has 0 spiro atoms. The molecule has 1 aliphatic carbocycles. The molecule has 0 unspecified atom stereocenters. The minimum absolute atomic E-state index is 0.0381. The van der Waals surface area contributed by atoms with Crippen molar-refractivity contribution in [1.29, 1.82) is 0 Å². The normalized spacial score (nSPS) is 21.9. The largest absolute Gasteiger partial charge is 0.459 e. The van der Waals surface area contributed by atoms with Crippen LogP contribution >= 0.6 is 0 Å². The lowest BCUT2D eigenvalue weighted by atomic mass is 9.75. The van der Waals surface area contributed by atoms with Crippen LogP contribution in [0.1, 0.15) is 52.9 Å². The molecular weight excluding hydrogens is 218 g/mol. The van der Waals surface area contributed by atoms with Crippen LogP contribution in [0.3, 0.4) is 0 Å². The highest BCUT2D eigenvalue weighted by Crippen LogP contribution is 2.32. The summed E-state index contributed by atoms with van der Waals surface area (Å²) in [6, 6.07) is 0. The van der Waals surface area contributed by atoms with Gasteiger partial charge in [0.2, 0.25) is 0 Å². The Hall–Kier alpha value is -0.610. The van der Waals surface area contributed by atoms with Gasteiger partial charge in [-0.2, -0.15) is 0 Å². The van der Waals surface area contributed by atoms with E-state index in [0.29, 0.717) is 0 Å². The monoisotopic (exact) mass is 243 g/mol.